The van der Waals surface area contributed by atoms with E-state index in [1.807, 2.05) is 36.1 Å². The van der Waals surface area contributed by atoms with E-state index in [0.29, 0.717) is 31.0 Å². The van der Waals surface area contributed by atoms with Gasteiger partial charge in [0, 0.05) is 37.9 Å². The van der Waals surface area contributed by atoms with Crippen LogP contribution in [0.15, 0.2) is 42.6 Å². The van der Waals surface area contributed by atoms with Crippen LogP contribution in [0, 0.1) is 6.92 Å². The molecule has 3 heterocycles. The van der Waals surface area contributed by atoms with Gasteiger partial charge in [-0.2, -0.15) is 0 Å². The van der Waals surface area contributed by atoms with Crippen molar-refractivity contribution in [1.29, 1.82) is 0 Å². The van der Waals surface area contributed by atoms with Gasteiger partial charge >= 0.3 is 6.03 Å². The Morgan fingerprint density at radius 3 is 2.70 bits per heavy atom. The highest BCUT2D eigenvalue weighted by atomic mass is 16.5. The Kier molecular flexibility index (Phi) is 6.16. The number of amides is 3. The smallest absolute Gasteiger partial charge is 0.321 e. The first-order valence-corrected chi connectivity index (χ1v) is 10.6. The molecule has 1 atom stereocenters. The molecule has 158 valence electrons. The lowest BCUT2D eigenvalue weighted by Gasteiger charge is -2.27. The number of piperidine rings is 1. The van der Waals surface area contributed by atoms with Crippen molar-refractivity contribution < 1.29 is 14.3 Å². The number of anilines is 1. The van der Waals surface area contributed by atoms with Crippen molar-refractivity contribution in [3.05, 3.63) is 53.7 Å². The van der Waals surface area contributed by atoms with Crippen molar-refractivity contribution in [2.45, 2.75) is 38.7 Å². The predicted octanol–water partition coefficient (Wildman–Crippen LogP) is 3.70. The molecule has 2 fully saturated rings. The Morgan fingerprint density at radius 2 is 1.90 bits per heavy atom. The summed E-state index contributed by atoms with van der Waals surface area (Å²) in [6.07, 6.45) is 5.40. The molecule has 2 aliphatic rings. The Balaban J connectivity index is 1.37. The van der Waals surface area contributed by atoms with Crippen LogP contribution in [0.25, 0.3) is 0 Å². The first kappa shape index (κ1) is 20.2. The lowest BCUT2D eigenvalue weighted by molar-refractivity contribution is 0.0715. The molecular formula is C23H28N4O3. The van der Waals surface area contributed by atoms with Crippen LogP contribution in [-0.4, -0.2) is 59.0 Å². The third-order valence-electron chi connectivity index (χ3n) is 5.62. The molecule has 0 spiro atoms. The number of hydrogen-bond donors (Lipinski definition) is 1. The van der Waals surface area contributed by atoms with Gasteiger partial charge in [-0.25, -0.2) is 9.78 Å². The van der Waals surface area contributed by atoms with Gasteiger partial charge in [0.25, 0.3) is 5.91 Å². The third-order valence-corrected chi connectivity index (χ3v) is 5.62. The molecule has 1 N–H and O–H groups in total. The fraction of sp³-hybridized carbons (Fsp3) is 0.435. The van der Waals surface area contributed by atoms with E-state index in [2.05, 4.69) is 10.3 Å². The Labute approximate surface area is 177 Å². The van der Waals surface area contributed by atoms with Crippen LogP contribution in [0.4, 0.5) is 10.5 Å². The number of likely N-dealkylation sites (tertiary alicyclic amines) is 2. The number of carbonyl (C=O) groups excluding carboxylic acids is 2. The zero-order valence-corrected chi connectivity index (χ0v) is 17.3. The number of nitrogens with one attached hydrogen (secondary N) is 1. The quantitative estimate of drug-likeness (QED) is 0.837. The fourth-order valence-electron chi connectivity index (χ4n) is 4.01. The highest BCUT2D eigenvalue weighted by molar-refractivity contribution is 5.96. The van der Waals surface area contributed by atoms with Crippen molar-refractivity contribution >= 4 is 17.6 Å². The van der Waals surface area contributed by atoms with Gasteiger partial charge < -0.3 is 19.9 Å². The van der Waals surface area contributed by atoms with Crippen LogP contribution >= 0.6 is 0 Å². The van der Waals surface area contributed by atoms with E-state index in [9.17, 15) is 9.59 Å². The molecule has 7 heteroatoms. The first-order valence-electron chi connectivity index (χ1n) is 10.6. The van der Waals surface area contributed by atoms with E-state index in [1.165, 1.54) is 6.42 Å². The largest absolute Gasteiger partial charge is 0.472 e. The van der Waals surface area contributed by atoms with Crippen molar-refractivity contribution in [2.75, 3.05) is 31.5 Å². The van der Waals surface area contributed by atoms with Gasteiger partial charge in [0.2, 0.25) is 5.88 Å². The number of ether oxygens (including phenoxy) is 1. The zero-order chi connectivity index (χ0) is 20.9. The Hall–Kier alpha value is -3.09. The van der Waals surface area contributed by atoms with E-state index < -0.39 is 0 Å². The number of aromatic nitrogens is 1. The lowest BCUT2D eigenvalue weighted by atomic mass is 10.1. The maximum atomic E-state index is 12.9. The minimum Gasteiger partial charge on any atom is -0.472 e. The van der Waals surface area contributed by atoms with Crippen LogP contribution < -0.4 is 10.1 Å². The topological polar surface area (TPSA) is 74.8 Å². The molecule has 0 bridgehead atoms. The van der Waals surface area contributed by atoms with Crippen LogP contribution in [0.2, 0.25) is 0 Å². The number of nitrogens with zero attached hydrogens (tertiary/aromatic N) is 3. The number of aryl methyl sites for hydroxylation is 1. The SMILES string of the molecule is Cc1cccc(NC(=O)N2CCC(Oc3ncccc3C(=O)N3CCCCC3)C2)c1. The molecule has 30 heavy (non-hydrogen) atoms. The van der Waals surface area contributed by atoms with Crippen molar-refractivity contribution in [1.82, 2.24) is 14.8 Å². The average Bonchev–Trinajstić information content (AvgIpc) is 3.23. The van der Waals surface area contributed by atoms with Gasteiger partial charge in [-0.05, 0) is 56.0 Å². The van der Waals surface area contributed by atoms with Crippen LogP contribution in [0.5, 0.6) is 5.88 Å². The summed E-state index contributed by atoms with van der Waals surface area (Å²) in [5.74, 6) is 0.337. The zero-order valence-electron chi connectivity index (χ0n) is 17.3. The highest BCUT2D eigenvalue weighted by Gasteiger charge is 2.30. The molecule has 1 aromatic carbocycles. The van der Waals surface area contributed by atoms with Crippen molar-refractivity contribution in [3.63, 3.8) is 0 Å². The Bertz CT molecular complexity index is 911. The minimum absolute atomic E-state index is 0.0233. The van der Waals surface area contributed by atoms with Gasteiger partial charge in [0.05, 0.1) is 6.54 Å². The number of benzene rings is 1. The predicted molar refractivity (Wildman–Crippen MR) is 115 cm³/mol. The van der Waals surface area contributed by atoms with Crippen LogP contribution in [0.3, 0.4) is 0 Å². The second kappa shape index (κ2) is 9.15. The van der Waals surface area contributed by atoms with Gasteiger partial charge in [0.1, 0.15) is 11.7 Å². The molecule has 1 aromatic heterocycles. The van der Waals surface area contributed by atoms with Gasteiger partial charge in [-0.1, -0.05) is 12.1 Å². The van der Waals surface area contributed by atoms with E-state index in [-0.39, 0.29) is 18.0 Å². The summed E-state index contributed by atoms with van der Waals surface area (Å²) < 4.78 is 6.09. The van der Waals surface area contributed by atoms with Gasteiger partial charge in [-0.15, -0.1) is 0 Å². The van der Waals surface area contributed by atoms with Gasteiger partial charge in [-0.3, -0.25) is 4.79 Å². The highest BCUT2D eigenvalue weighted by Crippen LogP contribution is 2.23. The maximum Gasteiger partial charge on any atom is 0.321 e. The summed E-state index contributed by atoms with van der Waals surface area (Å²) in [6.45, 7) is 4.62. The van der Waals surface area contributed by atoms with Crippen molar-refractivity contribution in [2.24, 2.45) is 0 Å². The molecular weight excluding hydrogens is 380 g/mol. The van der Waals surface area contributed by atoms with E-state index in [4.69, 9.17) is 4.74 Å². The monoisotopic (exact) mass is 408 g/mol. The molecule has 4 rings (SSSR count). The van der Waals surface area contributed by atoms with Crippen LogP contribution in [0.1, 0.15) is 41.6 Å². The van der Waals surface area contributed by atoms with Crippen molar-refractivity contribution in [3.8, 4) is 5.88 Å². The minimum atomic E-state index is -0.184. The molecule has 2 aliphatic heterocycles. The molecule has 7 nitrogen and oxygen atoms in total. The molecule has 2 saturated heterocycles. The van der Waals surface area contributed by atoms with E-state index in [0.717, 1.165) is 37.2 Å². The number of hydrogen-bond acceptors (Lipinski definition) is 4. The second-order valence-corrected chi connectivity index (χ2v) is 7.98. The average molecular weight is 409 g/mol. The summed E-state index contributed by atoms with van der Waals surface area (Å²) in [4.78, 5) is 33.5. The standard InChI is InChI=1S/C23H28N4O3/c1-17-7-5-8-18(15-17)25-23(29)27-14-10-19(16-27)30-21-20(9-6-11-24-21)22(28)26-12-3-2-4-13-26/h5-9,11,15,19H,2-4,10,12-14,16H2,1H3,(H,25,29). The Morgan fingerprint density at radius 1 is 1.07 bits per heavy atom. The summed E-state index contributed by atoms with van der Waals surface area (Å²) in [6, 6.07) is 11.1. The number of rotatable bonds is 4. The first-order chi connectivity index (χ1) is 14.6. The normalized spacial score (nSPS) is 18.9. The molecule has 2 aromatic rings. The maximum absolute atomic E-state index is 12.9. The number of pyridine rings is 1. The summed E-state index contributed by atoms with van der Waals surface area (Å²) in [5, 5.41) is 2.94. The lowest BCUT2D eigenvalue weighted by Crippen LogP contribution is -2.36. The summed E-state index contributed by atoms with van der Waals surface area (Å²) in [5.41, 5.74) is 2.38. The number of urea groups is 1. The van der Waals surface area contributed by atoms with E-state index >= 15 is 0 Å². The molecule has 0 radical (unpaired) electrons. The van der Waals surface area contributed by atoms with Gasteiger partial charge in [0.15, 0.2) is 0 Å². The summed E-state index contributed by atoms with van der Waals surface area (Å²) >= 11 is 0. The molecule has 0 aliphatic carbocycles. The molecule has 3 amide bonds. The third kappa shape index (κ3) is 4.72. The van der Waals surface area contributed by atoms with E-state index in [1.54, 1.807) is 23.2 Å². The van der Waals surface area contributed by atoms with Crippen LogP contribution in [-0.2, 0) is 0 Å². The summed E-state index contributed by atoms with van der Waals surface area (Å²) in [7, 11) is 0. The second-order valence-electron chi connectivity index (χ2n) is 7.98. The molecule has 0 saturated carbocycles. The fourth-order valence-corrected chi connectivity index (χ4v) is 4.01. The number of carbonyl (C=O) groups is 2. The molecule has 1 unspecified atom stereocenters.